The summed E-state index contributed by atoms with van der Waals surface area (Å²) in [6, 6.07) is 12.3. The van der Waals surface area contributed by atoms with Crippen molar-refractivity contribution < 1.29 is 9.13 Å². The molecule has 0 aliphatic carbocycles. The van der Waals surface area contributed by atoms with Gasteiger partial charge in [0.15, 0.2) is 0 Å². The molecule has 2 nitrogen and oxygen atoms in total. The Morgan fingerprint density at radius 1 is 1.16 bits per heavy atom. The highest BCUT2D eigenvalue weighted by Gasteiger charge is 2.27. The van der Waals surface area contributed by atoms with Crippen molar-refractivity contribution in [2.75, 3.05) is 0 Å². The van der Waals surface area contributed by atoms with Crippen LogP contribution in [0.15, 0.2) is 46.9 Å². The van der Waals surface area contributed by atoms with Gasteiger partial charge in [-0.05, 0) is 35.9 Å². The van der Waals surface area contributed by atoms with Crippen LogP contribution in [0.25, 0.3) is 0 Å². The normalized spacial score (nSPS) is 21.6. The molecule has 0 fully saturated rings. The summed E-state index contributed by atoms with van der Waals surface area (Å²) >= 11 is 3.41. The first-order valence-corrected chi connectivity index (χ1v) is 6.90. The van der Waals surface area contributed by atoms with E-state index in [1.807, 2.05) is 24.3 Å². The molecule has 1 aliphatic heterocycles. The van der Waals surface area contributed by atoms with Crippen LogP contribution in [-0.2, 0) is 0 Å². The Kier molecular flexibility index (Phi) is 3.29. The van der Waals surface area contributed by atoms with Crippen molar-refractivity contribution in [1.82, 2.24) is 0 Å². The van der Waals surface area contributed by atoms with Gasteiger partial charge in [-0.25, -0.2) is 4.39 Å². The van der Waals surface area contributed by atoms with Crippen LogP contribution in [0.2, 0.25) is 0 Å². The summed E-state index contributed by atoms with van der Waals surface area (Å²) in [4.78, 5) is 0. The van der Waals surface area contributed by atoms with E-state index in [0.717, 1.165) is 15.6 Å². The van der Waals surface area contributed by atoms with Gasteiger partial charge in [0.05, 0.1) is 0 Å². The maximum Gasteiger partial charge on any atom is 0.126 e. The Morgan fingerprint density at radius 2 is 1.89 bits per heavy atom. The van der Waals surface area contributed by atoms with Crippen molar-refractivity contribution in [2.45, 2.75) is 18.6 Å². The van der Waals surface area contributed by atoms with E-state index >= 15 is 0 Å². The first-order valence-electron chi connectivity index (χ1n) is 6.10. The minimum absolute atomic E-state index is 0.0824. The van der Waals surface area contributed by atoms with E-state index < -0.39 is 0 Å². The number of benzene rings is 2. The number of ether oxygens (including phenoxy) is 1. The van der Waals surface area contributed by atoms with Crippen LogP contribution in [0.1, 0.15) is 29.7 Å². The monoisotopic (exact) mass is 321 g/mol. The fourth-order valence-corrected chi connectivity index (χ4v) is 2.62. The van der Waals surface area contributed by atoms with Crippen LogP contribution >= 0.6 is 15.9 Å². The second-order valence-corrected chi connectivity index (χ2v) is 5.60. The van der Waals surface area contributed by atoms with E-state index in [9.17, 15) is 4.39 Å². The highest BCUT2D eigenvalue weighted by molar-refractivity contribution is 9.10. The van der Waals surface area contributed by atoms with Crippen molar-refractivity contribution in [2.24, 2.45) is 5.73 Å². The Hall–Kier alpha value is -1.39. The summed E-state index contributed by atoms with van der Waals surface area (Å²) in [5.74, 6) is 0.396. The van der Waals surface area contributed by atoms with Crippen molar-refractivity contribution in [1.29, 1.82) is 0 Å². The minimum atomic E-state index is -0.278. The van der Waals surface area contributed by atoms with Crippen LogP contribution < -0.4 is 10.5 Å². The minimum Gasteiger partial charge on any atom is -0.485 e. The van der Waals surface area contributed by atoms with E-state index in [2.05, 4.69) is 15.9 Å². The summed E-state index contributed by atoms with van der Waals surface area (Å²) in [6.07, 6.45) is 0.569. The lowest BCUT2D eigenvalue weighted by molar-refractivity contribution is 0.161. The zero-order valence-electron chi connectivity index (χ0n) is 10.1. The SMILES string of the molecule is N[C@H]1CC(c2ccc(Br)cc2)Oc2ccc(F)cc21. The molecule has 2 aromatic rings. The lowest BCUT2D eigenvalue weighted by Gasteiger charge is -2.30. The van der Waals surface area contributed by atoms with E-state index in [4.69, 9.17) is 10.5 Å². The number of hydrogen-bond donors (Lipinski definition) is 1. The molecule has 1 heterocycles. The third-order valence-electron chi connectivity index (χ3n) is 3.35. The van der Waals surface area contributed by atoms with Crippen LogP contribution in [0, 0.1) is 5.82 Å². The molecular formula is C15H13BrFNO. The number of nitrogens with two attached hydrogens (primary N) is 1. The third-order valence-corrected chi connectivity index (χ3v) is 3.88. The molecule has 0 aromatic heterocycles. The van der Waals surface area contributed by atoms with E-state index in [1.54, 1.807) is 6.07 Å². The summed E-state index contributed by atoms with van der Waals surface area (Å²) in [7, 11) is 0. The number of fused-ring (bicyclic) bond motifs is 1. The fourth-order valence-electron chi connectivity index (χ4n) is 2.36. The second kappa shape index (κ2) is 4.94. The topological polar surface area (TPSA) is 35.2 Å². The molecule has 19 heavy (non-hydrogen) atoms. The molecule has 2 aromatic carbocycles. The van der Waals surface area contributed by atoms with Crippen LogP contribution in [0.4, 0.5) is 4.39 Å². The molecule has 0 saturated heterocycles. The molecular weight excluding hydrogens is 309 g/mol. The smallest absolute Gasteiger partial charge is 0.126 e. The van der Waals surface area contributed by atoms with Gasteiger partial charge in [0.2, 0.25) is 0 Å². The molecule has 1 aliphatic rings. The molecule has 2 N–H and O–H groups in total. The van der Waals surface area contributed by atoms with Crippen LogP contribution in [-0.4, -0.2) is 0 Å². The summed E-state index contributed by atoms with van der Waals surface area (Å²) in [5, 5.41) is 0. The summed E-state index contributed by atoms with van der Waals surface area (Å²) in [5.41, 5.74) is 7.94. The predicted octanol–water partition coefficient (Wildman–Crippen LogP) is 4.11. The first kappa shape index (κ1) is 12.6. The van der Waals surface area contributed by atoms with Gasteiger partial charge in [0.25, 0.3) is 0 Å². The van der Waals surface area contributed by atoms with E-state index in [-0.39, 0.29) is 18.0 Å². The van der Waals surface area contributed by atoms with E-state index in [0.29, 0.717) is 12.2 Å². The van der Waals surface area contributed by atoms with E-state index in [1.165, 1.54) is 12.1 Å². The Labute approximate surface area is 119 Å². The number of rotatable bonds is 1. The molecule has 98 valence electrons. The number of halogens is 2. The largest absolute Gasteiger partial charge is 0.485 e. The maximum absolute atomic E-state index is 13.2. The third kappa shape index (κ3) is 2.51. The van der Waals surface area contributed by atoms with Gasteiger partial charge in [-0.2, -0.15) is 0 Å². The molecule has 3 rings (SSSR count). The van der Waals surface area contributed by atoms with Gasteiger partial charge >= 0.3 is 0 Å². The highest BCUT2D eigenvalue weighted by atomic mass is 79.9. The average Bonchev–Trinajstić information content (AvgIpc) is 2.40. The highest BCUT2D eigenvalue weighted by Crippen LogP contribution is 2.39. The van der Waals surface area contributed by atoms with Crippen molar-refractivity contribution in [3.05, 3.63) is 63.9 Å². The van der Waals surface area contributed by atoms with Gasteiger partial charge in [-0.15, -0.1) is 0 Å². The zero-order valence-corrected chi connectivity index (χ0v) is 11.7. The predicted molar refractivity (Wildman–Crippen MR) is 75.5 cm³/mol. The maximum atomic E-state index is 13.2. The van der Waals surface area contributed by atoms with Gasteiger partial charge in [-0.1, -0.05) is 28.1 Å². The van der Waals surface area contributed by atoms with Gasteiger partial charge in [0.1, 0.15) is 17.7 Å². The Balaban J connectivity index is 1.92. The fraction of sp³-hybridized carbons (Fsp3) is 0.200. The summed E-state index contributed by atoms with van der Waals surface area (Å²) < 4.78 is 20.2. The molecule has 0 amide bonds. The zero-order chi connectivity index (χ0) is 13.4. The molecule has 2 atom stereocenters. The molecule has 1 unspecified atom stereocenters. The van der Waals surface area contributed by atoms with Crippen molar-refractivity contribution in [3.63, 3.8) is 0 Å². The number of hydrogen-bond acceptors (Lipinski definition) is 2. The Bertz CT molecular complexity index is 600. The van der Waals surface area contributed by atoms with Gasteiger partial charge in [-0.3, -0.25) is 0 Å². The van der Waals surface area contributed by atoms with Gasteiger partial charge < -0.3 is 10.5 Å². The van der Waals surface area contributed by atoms with Crippen molar-refractivity contribution in [3.8, 4) is 5.75 Å². The molecule has 0 spiro atoms. The van der Waals surface area contributed by atoms with Crippen LogP contribution in [0.5, 0.6) is 5.75 Å². The molecule has 0 bridgehead atoms. The molecule has 0 radical (unpaired) electrons. The second-order valence-electron chi connectivity index (χ2n) is 4.68. The lowest BCUT2D eigenvalue weighted by Crippen LogP contribution is -2.24. The van der Waals surface area contributed by atoms with Crippen LogP contribution in [0.3, 0.4) is 0 Å². The van der Waals surface area contributed by atoms with Gasteiger partial charge in [0, 0.05) is 22.5 Å². The summed E-state index contributed by atoms with van der Waals surface area (Å²) in [6.45, 7) is 0. The Morgan fingerprint density at radius 3 is 2.63 bits per heavy atom. The first-order chi connectivity index (χ1) is 9.13. The quantitative estimate of drug-likeness (QED) is 0.857. The average molecular weight is 322 g/mol. The molecule has 0 saturated carbocycles. The standard InChI is InChI=1S/C15H13BrFNO/c16-10-3-1-9(2-4-10)15-8-13(18)12-7-11(17)5-6-14(12)19-15/h1-7,13,15H,8,18H2/t13-,15?/m0/s1. The van der Waals surface area contributed by atoms with Crippen molar-refractivity contribution >= 4 is 15.9 Å². The molecule has 4 heteroatoms. The lowest BCUT2D eigenvalue weighted by atomic mass is 9.93.